The van der Waals surface area contributed by atoms with E-state index in [0.717, 1.165) is 32.2 Å². The van der Waals surface area contributed by atoms with Crippen LogP contribution in [0.25, 0.3) is 21.7 Å². The molecular formula is C47H56N12O6. The third kappa shape index (κ3) is 13.0. The Morgan fingerprint density at radius 3 is 2.06 bits per heavy atom. The van der Waals surface area contributed by atoms with E-state index in [1.165, 1.54) is 13.3 Å². The molecule has 0 aliphatic heterocycles. The number of H-pyrrole nitrogens is 2. The van der Waals surface area contributed by atoms with Crippen molar-refractivity contribution >= 4 is 57.2 Å². The lowest BCUT2D eigenvalue weighted by Crippen LogP contribution is -2.60. The highest BCUT2D eigenvalue weighted by atomic mass is 16.2. The van der Waals surface area contributed by atoms with E-state index < -0.39 is 65.8 Å². The summed E-state index contributed by atoms with van der Waals surface area (Å²) in [6, 6.07) is 23.0. The van der Waals surface area contributed by atoms with Crippen LogP contribution in [-0.4, -0.2) is 92.3 Å². The monoisotopic (exact) mass is 884 g/mol. The fraction of sp³-hybridized carbons (Fsp3) is 0.298. The van der Waals surface area contributed by atoms with Crippen LogP contribution in [0.5, 0.6) is 0 Å². The molecule has 18 heteroatoms. The fourth-order valence-corrected chi connectivity index (χ4v) is 7.44. The number of hydrazine groups is 1. The molecule has 13 N–H and O–H groups in total. The molecule has 0 radical (unpaired) electrons. The Hall–Kier alpha value is -7.57. The highest BCUT2D eigenvalue weighted by Crippen LogP contribution is 2.21. The molecule has 6 rings (SSSR count). The Balaban J connectivity index is 1.23. The molecule has 340 valence electrons. The van der Waals surface area contributed by atoms with Crippen LogP contribution in [0.15, 0.2) is 116 Å². The first kappa shape index (κ1) is 46.9. The molecular weight excluding hydrogens is 829 g/mol. The Morgan fingerprint density at radius 1 is 0.677 bits per heavy atom. The number of hydrogen-bond acceptors (Lipinski definition) is 9. The van der Waals surface area contributed by atoms with Crippen molar-refractivity contribution in [3.05, 3.63) is 138 Å². The number of carbonyl (C=O) groups excluding carboxylic acids is 6. The minimum Gasteiger partial charge on any atom is -0.368 e. The van der Waals surface area contributed by atoms with Crippen molar-refractivity contribution in [1.29, 1.82) is 0 Å². The van der Waals surface area contributed by atoms with Gasteiger partial charge in [0.15, 0.2) is 0 Å². The minimum atomic E-state index is -1.27. The number of para-hydroxylation sites is 1. The molecule has 18 nitrogen and oxygen atoms in total. The summed E-state index contributed by atoms with van der Waals surface area (Å²) in [6.45, 7) is 1.75. The molecule has 0 aliphatic rings. The average molecular weight is 885 g/mol. The lowest BCUT2D eigenvalue weighted by Gasteiger charge is -2.28. The molecule has 2 aromatic heterocycles. The molecule has 0 saturated carbocycles. The van der Waals surface area contributed by atoms with Gasteiger partial charge in [-0.2, -0.15) is 0 Å². The first-order valence-electron chi connectivity index (χ1n) is 21.5. The van der Waals surface area contributed by atoms with Gasteiger partial charge in [-0.3, -0.25) is 29.4 Å². The van der Waals surface area contributed by atoms with Crippen LogP contribution in [0, 0.1) is 0 Å². The van der Waals surface area contributed by atoms with Crippen molar-refractivity contribution in [3.8, 4) is 0 Å². The number of hydrogen-bond donors (Lipinski definition) is 10. The molecule has 0 unspecified atom stereocenters. The highest BCUT2D eigenvalue weighted by Gasteiger charge is 2.32. The van der Waals surface area contributed by atoms with Gasteiger partial charge >= 0.3 is 6.03 Å². The molecule has 4 aromatic carbocycles. The Kier molecular flexibility index (Phi) is 16.4. The van der Waals surface area contributed by atoms with Crippen LogP contribution in [0.1, 0.15) is 48.6 Å². The summed E-state index contributed by atoms with van der Waals surface area (Å²) in [5.41, 5.74) is 23.7. The van der Waals surface area contributed by atoms with E-state index in [0.29, 0.717) is 36.2 Å². The smallest absolute Gasteiger partial charge is 0.337 e. The summed E-state index contributed by atoms with van der Waals surface area (Å²) in [5, 5.41) is 14.6. The van der Waals surface area contributed by atoms with Gasteiger partial charge in [0.2, 0.25) is 23.6 Å². The van der Waals surface area contributed by atoms with Crippen molar-refractivity contribution < 1.29 is 28.8 Å². The second-order valence-electron chi connectivity index (χ2n) is 15.9. The summed E-state index contributed by atoms with van der Waals surface area (Å²) in [4.78, 5) is 92.5. The van der Waals surface area contributed by atoms with Crippen molar-refractivity contribution in [1.82, 2.24) is 46.7 Å². The van der Waals surface area contributed by atoms with Gasteiger partial charge in [-0.1, -0.05) is 91.0 Å². The molecule has 0 spiro atoms. The summed E-state index contributed by atoms with van der Waals surface area (Å²) < 4.78 is 0. The number of aromatic amines is 2. The number of nitrogens with zero attached hydrogens (tertiary/aromatic N) is 2. The van der Waals surface area contributed by atoms with Gasteiger partial charge in [-0.05, 0) is 66.3 Å². The van der Waals surface area contributed by atoms with Crippen LogP contribution in [0.2, 0.25) is 0 Å². The maximum atomic E-state index is 14.5. The second-order valence-corrected chi connectivity index (χ2v) is 15.9. The van der Waals surface area contributed by atoms with E-state index in [1.807, 2.05) is 72.8 Å². The standard InChI is InChI=1S/C47H56N12O6/c1-29(54-47(65)59(58-44(62)37(49)24-34-26-51-28-53-34)27-32-16-11-15-31-14-5-6-17-35(31)32)43(61)56-41(23-33-25-52-38-19-8-7-18-36(33)38)46(64)57-40(22-30-12-3-2-4-13-30)45(63)55-39(42(50)60)20-9-10-21-48/h2-8,11-19,25-26,28-29,37,39-41,52H,9-10,20-24,27,48-49H2,1H3,(H2,50,60)(H,51,53)(H,54,65)(H,55,63)(H,56,61)(H,57,64)(H,58,62)/t29-,37-,39-,40+,41-/m0/s1. The number of imidazole rings is 1. The van der Waals surface area contributed by atoms with Crippen molar-refractivity contribution in [2.45, 2.75) is 82.2 Å². The number of carbonyl (C=O) groups is 6. The van der Waals surface area contributed by atoms with Crippen LogP contribution in [0.3, 0.4) is 0 Å². The van der Waals surface area contributed by atoms with Crippen LogP contribution in [0.4, 0.5) is 4.79 Å². The molecule has 0 bridgehead atoms. The number of nitrogens with one attached hydrogen (secondary N) is 7. The zero-order valence-electron chi connectivity index (χ0n) is 36.1. The van der Waals surface area contributed by atoms with Crippen LogP contribution >= 0.6 is 0 Å². The van der Waals surface area contributed by atoms with Gasteiger partial charge in [0.1, 0.15) is 24.2 Å². The lowest BCUT2D eigenvalue weighted by atomic mass is 10.0. The van der Waals surface area contributed by atoms with E-state index in [9.17, 15) is 28.8 Å². The molecule has 6 aromatic rings. The first-order chi connectivity index (χ1) is 31.4. The summed E-state index contributed by atoms with van der Waals surface area (Å²) in [6.07, 6.45) is 6.32. The van der Waals surface area contributed by atoms with Crippen molar-refractivity contribution in [2.24, 2.45) is 17.2 Å². The maximum absolute atomic E-state index is 14.5. The third-order valence-corrected chi connectivity index (χ3v) is 11.0. The van der Waals surface area contributed by atoms with Crippen LogP contribution < -0.4 is 43.9 Å². The van der Waals surface area contributed by atoms with Crippen LogP contribution in [-0.2, 0) is 49.8 Å². The predicted octanol–water partition coefficient (Wildman–Crippen LogP) is 2.10. The number of aromatic nitrogens is 3. The Labute approximate surface area is 375 Å². The number of nitrogens with two attached hydrogens (primary N) is 3. The van der Waals surface area contributed by atoms with Gasteiger partial charge in [0, 0.05) is 48.3 Å². The molecule has 5 atom stereocenters. The van der Waals surface area contributed by atoms with E-state index in [-0.39, 0.29) is 32.2 Å². The Morgan fingerprint density at radius 2 is 1.34 bits per heavy atom. The number of fused-ring (bicyclic) bond motifs is 2. The van der Waals surface area contributed by atoms with Gasteiger partial charge in [-0.25, -0.2) is 14.8 Å². The average Bonchev–Trinajstić information content (AvgIpc) is 3.98. The fourth-order valence-electron chi connectivity index (χ4n) is 7.44. The summed E-state index contributed by atoms with van der Waals surface area (Å²) >= 11 is 0. The molecule has 65 heavy (non-hydrogen) atoms. The largest absolute Gasteiger partial charge is 0.368 e. The Bertz CT molecular complexity index is 2560. The van der Waals surface area contributed by atoms with E-state index in [1.54, 1.807) is 36.7 Å². The molecule has 7 amide bonds. The van der Waals surface area contributed by atoms with Gasteiger partial charge < -0.3 is 48.4 Å². The van der Waals surface area contributed by atoms with E-state index in [2.05, 4.69) is 41.6 Å². The first-order valence-corrected chi connectivity index (χ1v) is 21.5. The molecule has 0 aliphatic carbocycles. The third-order valence-electron chi connectivity index (χ3n) is 11.0. The summed E-state index contributed by atoms with van der Waals surface area (Å²) in [7, 11) is 0. The number of urea groups is 1. The highest BCUT2D eigenvalue weighted by molar-refractivity contribution is 5.96. The van der Waals surface area contributed by atoms with E-state index >= 15 is 0 Å². The number of unbranched alkanes of at least 4 members (excludes halogenated alkanes) is 1. The van der Waals surface area contributed by atoms with E-state index in [4.69, 9.17) is 17.2 Å². The number of rotatable bonds is 21. The maximum Gasteiger partial charge on any atom is 0.337 e. The quantitative estimate of drug-likeness (QED) is 0.0374. The zero-order valence-corrected chi connectivity index (χ0v) is 36.1. The predicted molar refractivity (Wildman–Crippen MR) is 246 cm³/mol. The van der Waals surface area contributed by atoms with Gasteiger partial charge in [0.25, 0.3) is 5.91 Å². The summed E-state index contributed by atoms with van der Waals surface area (Å²) in [5.74, 6) is -3.46. The topological polar surface area (TPSA) is 288 Å². The minimum absolute atomic E-state index is 0.0115. The molecule has 0 fully saturated rings. The SMILES string of the molecule is C[C@H](NC(=O)N(Cc1cccc2ccccc12)NC(=O)[C@@H](N)Cc1cnc[nH]1)C(=O)N[C@@H](Cc1c[nH]c2ccccc12)C(=O)N[C@H](Cc1ccccc1)C(=O)N[C@@H](CCCCN)C(N)=O. The van der Waals surface area contributed by atoms with Gasteiger partial charge in [0.05, 0.1) is 18.9 Å². The zero-order chi connectivity index (χ0) is 46.3. The van der Waals surface area contributed by atoms with Crippen molar-refractivity contribution in [3.63, 3.8) is 0 Å². The number of amides is 7. The molecule has 2 heterocycles. The van der Waals surface area contributed by atoms with Gasteiger partial charge in [-0.15, -0.1) is 0 Å². The van der Waals surface area contributed by atoms with Crippen molar-refractivity contribution in [2.75, 3.05) is 6.54 Å². The number of benzene rings is 4. The lowest BCUT2D eigenvalue weighted by molar-refractivity contribution is -0.133. The number of primary amides is 1. The molecule has 0 saturated heterocycles. The normalized spacial score (nSPS) is 13.5. The second kappa shape index (κ2) is 22.7.